The summed E-state index contributed by atoms with van der Waals surface area (Å²) in [6.07, 6.45) is 4.13. The van der Waals surface area contributed by atoms with Gasteiger partial charge in [-0.3, -0.25) is 0 Å². The van der Waals surface area contributed by atoms with Crippen LogP contribution in [0.3, 0.4) is 0 Å². The molecule has 2 rings (SSSR count). The Morgan fingerprint density at radius 3 is 2.38 bits per heavy atom. The van der Waals surface area contributed by atoms with Crippen molar-refractivity contribution in [3.8, 4) is 0 Å². The molecule has 2 heteroatoms. The molecule has 1 aliphatic carbocycles. The lowest BCUT2D eigenvalue weighted by Gasteiger charge is -2.33. The highest BCUT2D eigenvalue weighted by atomic mass is 15.2. The Balaban J connectivity index is 2.01. The minimum Gasteiger partial charge on any atom is -0.327 e. The molecule has 2 nitrogen and oxygen atoms in total. The van der Waals surface area contributed by atoms with Crippen LogP contribution in [0.5, 0.6) is 0 Å². The number of likely N-dealkylation sites (tertiary alicyclic amines) is 1. The summed E-state index contributed by atoms with van der Waals surface area (Å²) in [5.41, 5.74) is 6.51. The second kappa shape index (κ2) is 2.96. The zero-order chi connectivity index (χ0) is 9.64. The van der Waals surface area contributed by atoms with Gasteiger partial charge in [0.1, 0.15) is 0 Å². The zero-order valence-corrected chi connectivity index (χ0v) is 9.09. The van der Waals surface area contributed by atoms with Gasteiger partial charge in [0, 0.05) is 12.1 Å². The van der Waals surface area contributed by atoms with Gasteiger partial charge in [-0.2, -0.15) is 0 Å². The molecule has 0 amide bonds. The average Bonchev–Trinajstić information content (AvgIpc) is 2.54. The van der Waals surface area contributed by atoms with Gasteiger partial charge in [-0.25, -0.2) is 0 Å². The van der Waals surface area contributed by atoms with Crippen LogP contribution < -0.4 is 5.73 Å². The van der Waals surface area contributed by atoms with Gasteiger partial charge >= 0.3 is 0 Å². The predicted octanol–water partition coefficient (Wildman–Crippen LogP) is 1.45. The van der Waals surface area contributed by atoms with Gasteiger partial charge in [-0.15, -0.1) is 0 Å². The van der Waals surface area contributed by atoms with Crippen LogP contribution in [0.15, 0.2) is 0 Å². The molecule has 1 saturated carbocycles. The van der Waals surface area contributed by atoms with Gasteiger partial charge < -0.3 is 10.6 Å². The second-order valence-corrected chi connectivity index (χ2v) is 5.42. The largest absolute Gasteiger partial charge is 0.327 e. The topological polar surface area (TPSA) is 29.3 Å². The van der Waals surface area contributed by atoms with Crippen LogP contribution in [0.2, 0.25) is 0 Å². The number of piperidine rings is 1. The van der Waals surface area contributed by atoms with Crippen molar-refractivity contribution in [1.82, 2.24) is 4.90 Å². The molecule has 1 aliphatic heterocycles. The van der Waals surface area contributed by atoms with Crippen LogP contribution in [0.1, 0.15) is 33.1 Å². The summed E-state index contributed by atoms with van der Waals surface area (Å²) in [6.45, 7) is 5.89. The van der Waals surface area contributed by atoms with Crippen LogP contribution in [0.25, 0.3) is 0 Å². The van der Waals surface area contributed by atoms with Crippen molar-refractivity contribution in [1.29, 1.82) is 0 Å². The molecular weight excluding hydrogens is 160 g/mol. The third-order valence-electron chi connectivity index (χ3n) is 4.24. The summed E-state index contributed by atoms with van der Waals surface area (Å²) in [7, 11) is 2.25. The molecule has 0 radical (unpaired) electrons. The van der Waals surface area contributed by atoms with E-state index in [1.165, 1.54) is 25.8 Å². The van der Waals surface area contributed by atoms with Crippen molar-refractivity contribution in [3.05, 3.63) is 0 Å². The fraction of sp³-hybridized carbons (Fsp3) is 1.00. The Hall–Kier alpha value is -0.0800. The van der Waals surface area contributed by atoms with E-state index in [0.717, 1.165) is 12.0 Å². The highest BCUT2D eigenvalue weighted by Gasteiger charge is 2.59. The first-order valence-corrected chi connectivity index (χ1v) is 5.51. The molecule has 1 unspecified atom stereocenters. The molecule has 13 heavy (non-hydrogen) atoms. The SMILES string of the molecule is CN1CCCCC1[C@H]1[C@H](N)C1(C)C. The molecule has 0 aromatic heterocycles. The fourth-order valence-corrected chi connectivity index (χ4v) is 3.01. The van der Waals surface area contributed by atoms with Crippen LogP contribution in [-0.4, -0.2) is 30.6 Å². The molecule has 2 fully saturated rings. The third-order valence-corrected chi connectivity index (χ3v) is 4.24. The molecular formula is C11H22N2. The Morgan fingerprint density at radius 1 is 1.31 bits per heavy atom. The van der Waals surface area contributed by atoms with Gasteiger partial charge in [-0.1, -0.05) is 20.3 Å². The molecule has 3 atom stereocenters. The lowest BCUT2D eigenvalue weighted by atomic mass is 9.94. The molecule has 1 saturated heterocycles. The number of hydrogen-bond acceptors (Lipinski definition) is 2. The Morgan fingerprint density at radius 2 is 1.92 bits per heavy atom. The van der Waals surface area contributed by atoms with E-state index >= 15 is 0 Å². The van der Waals surface area contributed by atoms with Crippen molar-refractivity contribution in [3.63, 3.8) is 0 Å². The second-order valence-electron chi connectivity index (χ2n) is 5.42. The van der Waals surface area contributed by atoms with Gasteiger partial charge in [0.25, 0.3) is 0 Å². The fourth-order valence-electron chi connectivity index (χ4n) is 3.01. The highest BCUT2D eigenvalue weighted by Crippen LogP contribution is 2.54. The van der Waals surface area contributed by atoms with E-state index in [-0.39, 0.29) is 0 Å². The lowest BCUT2D eigenvalue weighted by molar-refractivity contribution is 0.152. The number of hydrogen-bond donors (Lipinski definition) is 1. The summed E-state index contributed by atoms with van der Waals surface area (Å²) >= 11 is 0. The highest BCUT2D eigenvalue weighted by molar-refractivity contribution is 5.13. The van der Waals surface area contributed by atoms with Gasteiger partial charge in [-0.05, 0) is 37.8 Å². The van der Waals surface area contributed by atoms with E-state index < -0.39 is 0 Å². The molecule has 76 valence electrons. The average molecular weight is 182 g/mol. The first-order valence-electron chi connectivity index (χ1n) is 5.51. The first-order chi connectivity index (χ1) is 6.05. The maximum absolute atomic E-state index is 6.11. The molecule has 0 aromatic rings. The van der Waals surface area contributed by atoms with Crippen molar-refractivity contribution in [2.45, 2.75) is 45.2 Å². The minimum absolute atomic E-state index is 0.399. The summed E-state index contributed by atoms with van der Waals surface area (Å²) in [5, 5.41) is 0. The summed E-state index contributed by atoms with van der Waals surface area (Å²) in [6, 6.07) is 1.21. The van der Waals surface area contributed by atoms with Gasteiger partial charge in [0.05, 0.1) is 0 Å². The van der Waals surface area contributed by atoms with E-state index in [9.17, 15) is 0 Å². The summed E-state index contributed by atoms with van der Waals surface area (Å²) < 4.78 is 0. The third kappa shape index (κ3) is 1.40. The van der Waals surface area contributed by atoms with Gasteiger partial charge in [0.2, 0.25) is 0 Å². The Kier molecular flexibility index (Phi) is 2.16. The van der Waals surface area contributed by atoms with Crippen LogP contribution in [0, 0.1) is 11.3 Å². The van der Waals surface area contributed by atoms with Crippen molar-refractivity contribution < 1.29 is 0 Å². The van der Waals surface area contributed by atoms with E-state index in [2.05, 4.69) is 25.8 Å². The lowest BCUT2D eigenvalue weighted by Crippen LogP contribution is -2.39. The molecule has 2 N–H and O–H groups in total. The number of nitrogens with two attached hydrogens (primary N) is 1. The quantitative estimate of drug-likeness (QED) is 0.665. The normalized spacial score (nSPS) is 44.8. The predicted molar refractivity (Wildman–Crippen MR) is 55.5 cm³/mol. The smallest absolute Gasteiger partial charge is 0.0143 e. The maximum atomic E-state index is 6.11. The minimum atomic E-state index is 0.399. The van der Waals surface area contributed by atoms with E-state index in [0.29, 0.717) is 11.5 Å². The molecule has 0 bridgehead atoms. The molecule has 0 spiro atoms. The van der Waals surface area contributed by atoms with Crippen molar-refractivity contribution in [2.75, 3.05) is 13.6 Å². The Bertz CT molecular complexity index is 200. The van der Waals surface area contributed by atoms with Crippen LogP contribution >= 0.6 is 0 Å². The zero-order valence-electron chi connectivity index (χ0n) is 9.09. The molecule has 2 aliphatic rings. The van der Waals surface area contributed by atoms with Gasteiger partial charge in [0.15, 0.2) is 0 Å². The van der Waals surface area contributed by atoms with E-state index in [4.69, 9.17) is 5.73 Å². The van der Waals surface area contributed by atoms with E-state index in [1.54, 1.807) is 0 Å². The van der Waals surface area contributed by atoms with Crippen LogP contribution in [-0.2, 0) is 0 Å². The van der Waals surface area contributed by atoms with Crippen molar-refractivity contribution in [2.24, 2.45) is 17.1 Å². The molecule has 1 heterocycles. The monoisotopic (exact) mass is 182 g/mol. The summed E-state index contributed by atoms with van der Waals surface area (Å²) in [5.74, 6) is 0.748. The van der Waals surface area contributed by atoms with E-state index in [1.807, 2.05) is 0 Å². The van der Waals surface area contributed by atoms with Crippen LogP contribution in [0.4, 0.5) is 0 Å². The Labute approximate surface area is 81.5 Å². The molecule has 0 aromatic carbocycles. The summed E-state index contributed by atoms with van der Waals surface area (Å²) in [4.78, 5) is 2.52. The first kappa shape index (κ1) is 9.47. The number of rotatable bonds is 1. The number of nitrogens with zero attached hydrogens (tertiary/aromatic N) is 1. The van der Waals surface area contributed by atoms with Crippen molar-refractivity contribution >= 4 is 0 Å². The maximum Gasteiger partial charge on any atom is 0.0143 e. The standard InChI is InChI=1S/C11H22N2/c1-11(2)9(10(11)12)8-6-4-5-7-13(8)3/h8-10H,4-7,12H2,1-3H3/t8?,9-,10-/m0/s1.